The second kappa shape index (κ2) is 9.02. The summed E-state index contributed by atoms with van der Waals surface area (Å²) in [5, 5.41) is 7.13. The van der Waals surface area contributed by atoms with Gasteiger partial charge < -0.3 is 15.1 Å². The van der Waals surface area contributed by atoms with Crippen LogP contribution >= 0.6 is 0 Å². The molecule has 1 atom stereocenters. The third kappa shape index (κ3) is 4.75. The first-order valence-corrected chi connectivity index (χ1v) is 9.68. The summed E-state index contributed by atoms with van der Waals surface area (Å²) in [4.78, 5) is 30.8. The fourth-order valence-electron chi connectivity index (χ4n) is 3.65. The van der Waals surface area contributed by atoms with Gasteiger partial charge in [0.25, 0.3) is 0 Å². The Morgan fingerprint density at radius 3 is 2.46 bits per heavy atom. The van der Waals surface area contributed by atoms with Gasteiger partial charge in [-0.25, -0.2) is 4.79 Å². The van der Waals surface area contributed by atoms with E-state index in [4.69, 9.17) is 0 Å². The molecule has 26 heavy (non-hydrogen) atoms. The second-order valence-electron chi connectivity index (χ2n) is 7.09. The number of hydrogen-bond acceptors (Lipinski definition) is 4. The molecule has 1 N–H and O–H groups in total. The van der Waals surface area contributed by atoms with Crippen molar-refractivity contribution >= 4 is 11.9 Å². The van der Waals surface area contributed by atoms with E-state index in [0.29, 0.717) is 19.6 Å². The lowest BCUT2D eigenvalue weighted by atomic mass is 10.2. The van der Waals surface area contributed by atoms with Crippen LogP contribution in [0.15, 0.2) is 18.5 Å². The second-order valence-corrected chi connectivity index (χ2v) is 7.09. The predicted octanol–water partition coefficient (Wildman–Crippen LogP) is 0.611. The zero-order valence-corrected chi connectivity index (χ0v) is 15.6. The summed E-state index contributed by atoms with van der Waals surface area (Å²) < 4.78 is 1.86. The average Bonchev–Trinajstić information content (AvgIpc) is 3.38. The number of nitrogens with one attached hydrogen (secondary N) is 1. The molecule has 0 bridgehead atoms. The number of urea groups is 1. The largest absolute Gasteiger partial charge is 0.341 e. The molecular formula is C18H30N6O2. The maximum Gasteiger partial charge on any atom is 0.317 e. The molecule has 8 nitrogen and oxygen atoms in total. The van der Waals surface area contributed by atoms with Crippen molar-refractivity contribution in [1.82, 2.24) is 29.8 Å². The molecule has 0 saturated carbocycles. The Kier molecular flexibility index (Phi) is 6.49. The normalized spacial score (nSPS) is 19.6. The van der Waals surface area contributed by atoms with Gasteiger partial charge in [0.15, 0.2) is 0 Å². The van der Waals surface area contributed by atoms with E-state index in [-0.39, 0.29) is 18.0 Å². The van der Waals surface area contributed by atoms with Crippen LogP contribution in [-0.4, -0.2) is 88.3 Å². The fraction of sp³-hybridized carbons (Fsp3) is 0.722. The highest BCUT2D eigenvalue weighted by atomic mass is 16.2. The zero-order valence-electron chi connectivity index (χ0n) is 15.6. The molecule has 0 aliphatic carbocycles. The number of aryl methyl sites for hydroxylation is 1. The van der Waals surface area contributed by atoms with Crippen LogP contribution in [0.2, 0.25) is 0 Å². The molecule has 8 heteroatoms. The Morgan fingerprint density at radius 1 is 1.08 bits per heavy atom. The van der Waals surface area contributed by atoms with Crippen molar-refractivity contribution in [2.45, 2.75) is 38.8 Å². The van der Waals surface area contributed by atoms with E-state index in [2.05, 4.69) is 15.3 Å². The maximum absolute atomic E-state index is 12.5. The summed E-state index contributed by atoms with van der Waals surface area (Å²) in [5.74, 6) is 0.235. The molecular weight excluding hydrogens is 332 g/mol. The van der Waals surface area contributed by atoms with Crippen molar-refractivity contribution in [1.29, 1.82) is 0 Å². The smallest absolute Gasteiger partial charge is 0.317 e. The lowest BCUT2D eigenvalue weighted by molar-refractivity contribution is -0.135. The Balaban J connectivity index is 1.34. The van der Waals surface area contributed by atoms with Crippen molar-refractivity contribution in [2.24, 2.45) is 0 Å². The monoisotopic (exact) mass is 362 g/mol. The lowest BCUT2D eigenvalue weighted by Crippen LogP contribution is -2.56. The molecule has 3 amide bonds. The van der Waals surface area contributed by atoms with Crippen LogP contribution in [0.4, 0.5) is 4.79 Å². The summed E-state index contributed by atoms with van der Waals surface area (Å²) in [6, 6.07) is 1.80. The molecule has 1 aromatic heterocycles. The van der Waals surface area contributed by atoms with Gasteiger partial charge in [-0.3, -0.25) is 14.4 Å². The first-order chi connectivity index (χ1) is 12.6. The van der Waals surface area contributed by atoms with Crippen molar-refractivity contribution in [3.8, 4) is 0 Å². The van der Waals surface area contributed by atoms with Gasteiger partial charge in [0.05, 0.1) is 6.04 Å². The van der Waals surface area contributed by atoms with Crippen LogP contribution in [0.3, 0.4) is 0 Å². The highest BCUT2D eigenvalue weighted by Gasteiger charge is 2.30. The van der Waals surface area contributed by atoms with Gasteiger partial charge in [-0.2, -0.15) is 5.10 Å². The first kappa shape index (κ1) is 18.7. The van der Waals surface area contributed by atoms with Gasteiger partial charge in [0.2, 0.25) is 5.91 Å². The molecule has 0 radical (unpaired) electrons. The number of nitrogens with zero attached hydrogens (tertiary/aromatic N) is 5. The number of carbonyl (C=O) groups excluding carboxylic acids is 2. The van der Waals surface area contributed by atoms with E-state index in [0.717, 1.165) is 52.0 Å². The van der Waals surface area contributed by atoms with Crippen molar-refractivity contribution in [3.63, 3.8) is 0 Å². The van der Waals surface area contributed by atoms with Crippen LogP contribution < -0.4 is 5.32 Å². The van der Waals surface area contributed by atoms with Gasteiger partial charge in [0, 0.05) is 64.8 Å². The van der Waals surface area contributed by atoms with Crippen LogP contribution in [0, 0.1) is 0 Å². The number of hydrogen-bond donors (Lipinski definition) is 1. The van der Waals surface area contributed by atoms with Crippen LogP contribution in [0.5, 0.6) is 0 Å². The Morgan fingerprint density at radius 2 is 1.81 bits per heavy atom. The molecule has 0 aromatic carbocycles. The molecule has 2 aliphatic rings. The van der Waals surface area contributed by atoms with Crippen LogP contribution in [0.1, 0.15) is 26.2 Å². The minimum Gasteiger partial charge on any atom is -0.341 e. The molecule has 3 heterocycles. The van der Waals surface area contributed by atoms with Crippen LogP contribution in [0.25, 0.3) is 0 Å². The fourth-order valence-corrected chi connectivity index (χ4v) is 3.65. The van der Waals surface area contributed by atoms with Gasteiger partial charge in [0.1, 0.15) is 0 Å². The summed E-state index contributed by atoms with van der Waals surface area (Å²) in [6.07, 6.45) is 6.77. The molecule has 1 unspecified atom stereocenters. The Bertz CT molecular complexity index is 577. The van der Waals surface area contributed by atoms with Gasteiger partial charge in [-0.05, 0) is 32.3 Å². The van der Waals surface area contributed by atoms with Crippen LogP contribution in [-0.2, 0) is 11.3 Å². The van der Waals surface area contributed by atoms with E-state index in [9.17, 15) is 9.59 Å². The SMILES string of the molecule is CC(C(=O)N1CCCC1)N1CCN(C(=O)NCCCn2cccn2)CC1. The van der Waals surface area contributed by atoms with Gasteiger partial charge in [-0.1, -0.05) is 0 Å². The third-order valence-corrected chi connectivity index (χ3v) is 5.32. The molecule has 0 spiro atoms. The number of likely N-dealkylation sites (tertiary alicyclic amines) is 1. The zero-order chi connectivity index (χ0) is 18.4. The number of carbonyl (C=O) groups is 2. The summed E-state index contributed by atoms with van der Waals surface area (Å²) in [6.45, 7) is 8.06. The van der Waals surface area contributed by atoms with Gasteiger partial charge in [-0.15, -0.1) is 0 Å². The first-order valence-electron chi connectivity index (χ1n) is 9.68. The number of rotatable bonds is 6. The number of amides is 3. The standard InChI is InChI=1S/C18H30N6O2/c1-16(17(25)22-8-2-3-9-22)21-12-14-23(15-13-21)18(26)19-6-4-10-24-11-5-7-20-24/h5,7,11,16H,2-4,6,8-10,12-15H2,1H3,(H,19,26). The maximum atomic E-state index is 12.5. The molecule has 1 aromatic rings. The van der Waals surface area contributed by atoms with E-state index in [1.54, 1.807) is 6.20 Å². The minimum absolute atomic E-state index is 0.0105. The molecule has 2 saturated heterocycles. The summed E-state index contributed by atoms with van der Waals surface area (Å²) in [7, 11) is 0. The van der Waals surface area contributed by atoms with E-state index in [1.165, 1.54) is 0 Å². The predicted molar refractivity (Wildman–Crippen MR) is 98.7 cm³/mol. The average molecular weight is 362 g/mol. The lowest BCUT2D eigenvalue weighted by Gasteiger charge is -2.38. The van der Waals surface area contributed by atoms with Crippen molar-refractivity contribution < 1.29 is 9.59 Å². The Labute approximate surface area is 155 Å². The summed E-state index contributed by atoms with van der Waals surface area (Å²) >= 11 is 0. The number of piperazine rings is 1. The molecule has 2 fully saturated rings. The Hall–Kier alpha value is -2.09. The summed E-state index contributed by atoms with van der Waals surface area (Å²) in [5.41, 5.74) is 0. The quantitative estimate of drug-likeness (QED) is 0.753. The third-order valence-electron chi connectivity index (χ3n) is 5.32. The highest BCUT2D eigenvalue weighted by Crippen LogP contribution is 2.14. The van der Waals surface area contributed by atoms with E-state index in [1.807, 2.05) is 33.7 Å². The minimum atomic E-state index is -0.0904. The topological polar surface area (TPSA) is 73.7 Å². The highest BCUT2D eigenvalue weighted by molar-refractivity contribution is 5.81. The molecule has 3 rings (SSSR count). The van der Waals surface area contributed by atoms with Crippen molar-refractivity contribution in [3.05, 3.63) is 18.5 Å². The van der Waals surface area contributed by atoms with E-state index < -0.39 is 0 Å². The molecule has 2 aliphatic heterocycles. The number of aromatic nitrogens is 2. The van der Waals surface area contributed by atoms with Gasteiger partial charge >= 0.3 is 6.03 Å². The van der Waals surface area contributed by atoms with E-state index >= 15 is 0 Å². The van der Waals surface area contributed by atoms with Crippen molar-refractivity contribution in [2.75, 3.05) is 45.8 Å². The molecule has 144 valence electrons.